The largest absolute Gasteiger partial charge is 0.420 e. The van der Waals surface area contributed by atoms with Crippen molar-refractivity contribution in [2.24, 2.45) is 0 Å². The molecule has 9 heteroatoms. The van der Waals surface area contributed by atoms with Gasteiger partial charge in [0.05, 0.1) is 4.88 Å². The summed E-state index contributed by atoms with van der Waals surface area (Å²) in [5.41, 5.74) is 0.759. The van der Waals surface area contributed by atoms with E-state index in [1.807, 2.05) is 0 Å². The minimum absolute atomic E-state index is 0.113. The molecule has 2 aromatic heterocycles. The Kier molecular flexibility index (Phi) is 4.20. The summed E-state index contributed by atoms with van der Waals surface area (Å²) in [6.07, 6.45) is 0. The van der Waals surface area contributed by atoms with Crippen molar-refractivity contribution in [1.29, 1.82) is 0 Å². The Hall–Kier alpha value is -2.52. The molecule has 0 aliphatic heterocycles. The molecule has 0 saturated carbocycles. The van der Waals surface area contributed by atoms with Crippen LogP contribution in [0.5, 0.6) is 0 Å². The molecular formula is C15H13N3O4S2. The number of thiophene rings is 1. The van der Waals surface area contributed by atoms with Crippen molar-refractivity contribution in [3.63, 3.8) is 0 Å². The molecule has 0 aliphatic rings. The zero-order chi connectivity index (χ0) is 17.3. The van der Waals surface area contributed by atoms with Gasteiger partial charge in [0.1, 0.15) is 4.21 Å². The number of sulfonamides is 1. The van der Waals surface area contributed by atoms with Crippen molar-refractivity contribution in [3.05, 3.63) is 47.9 Å². The second-order valence-corrected chi connectivity index (χ2v) is 7.98. The number of aryl methyl sites for hydroxylation is 1. The first kappa shape index (κ1) is 16.3. The first-order chi connectivity index (χ1) is 11.3. The van der Waals surface area contributed by atoms with E-state index in [4.69, 9.17) is 4.42 Å². The van der Waals surface area contributed by atoms with E-state index in [0.29, 0.717) is 22.0 Å². The molecule has 2 heterocycles. The first-order valence-corrected chi connectivity index (χ1v) is 9.19. The molecule has 0 atom stereocenters. The monoisotopic (exact) mass is 363 g/mol. The fourth-order valence-electron chi connectivity index (χ4n) is 1.98. The highest BCUT2D eigenvalue weighted by atomic mass is 32.2. The van der Waals surface area contributed by atoms with Gasteiger partial charge >= 0.3 is 0 Å². The Bertz CT molecular complexity index is 1010. The summed E-state index contributed by atoms with van der Waals surface area (Å²) in [4.78, 5) is 12.0. The normalized spacial score (nSPS) is 11.4. The molecule has 1 aromatic carbocycles. The SMILES string of the molecule is CC(=O)c1cccc(NS(=O)(=O)c2ccc(-c3nnc(C)o3)s2)c1. The summed E-state index contributed by atoms with van der Waals surface area (Å²) in [7, 11) is -3.77. The number of nitrogens with zero attached hydrogens (tertiary/aromatic N) is 2. The van der Waals surface area contributed by atoms with E-state index >= 15 is 0 Å². The van der Waals surface area contributed by atoms with Gasteiger partial charge in [-0.1, -0.05) is 12.1 Å². The Morgan fingerprint density at radius 2 is 2.00 bits per heavy atom. The number of anilines is 1. The minimum Gasteiger partial charge on any atom is -0.420 e. The average Bonchev–Trinajstić information content (AvgIpc) is 3.16. The van der Waals surface area contributed by atoms with Crippen LogP contribution >= 0.6 is 11.3 Å². The molecule has 3 aromatic rings. The zero-order valence-corrected chi connectivity index (χ0v) is 14.4. The number of aromatic nitrogens is 2. The zero-order valence-electron chi connectivity index (χ0n) is 12.8. The van der Waals surface area contributed by atoms with E-state index in [-0.39, 0.29) is 15.9 Å². The highest BCUT2D eigenvalue weighted by molar-refractivity contribution is 7.94. The van der Waals surface area contributed by atoms with E-state index < -0.39 is 10.0 Å². The fraction of sp³-hybridized carbons (Fsp3) is 0.133. The van der Waals surface area contributed by atoms with Crippen LogP contribution in [0.25, 0.3) is 10.8 Å². The molecule has 0 bridgehead atoms. The van der Waals surface area contributed by atoms with Crippen LogP contribution in [0, 0.1) is 6.92 Å². The topological polar surface area (TPSA) is 102 Å². The molecule has 0 unspecified atom stereocenters. The molecule has 0 radical (unpaired) electrons. The lowest BCUT2D eigenvalue weighted by atomic mass is 10.1. The number of benzene rings is 1. The molecular weight excluding hydrogens is 350 g/mol. The minimum atomic E-state index is -3.77. The van der Waals surface area contributed by atoms with Crippen LogP contribution in [0.15, 0.2) is 45.0 Å². The predicted octanol–water partition coefficient (Wildman–Crippen LogP) is 3.11. The van der Waals surface area contributed by atoms with Crippen molar-refractivity contribution in [2.45, 2.75) is 18.1 Å². The standard InChI is InChI=1S/C15H13N3O4S2/c1-9(19)11-4-3-5-12(8-11)18-24(20,21)14-7-6-13(23-14)15-17-16-10(2)22-15/h3-8,18H,1-2H3. The number of carbonyl (C=O) groups is 1. The van der Waals surface area contributed by atoms with Crippen LogP contribution in [0.4, 0.5) is 5.69 Å². The highest BCUT2D eigenvalue weighted by Gasteiger charge is 2.19. The number of hydrogen-bond donors (Lipinski definition) is 1. The lowest BCUT2D eigenvalue weighted by Crippen LogP contribution is -2.11. The maximum Gasteiger partial charge on any atom is 0.271 e. The number of hydrogen-bond acceptors (Lipinski definition) is 7. The summed E-state index contributed by atoms with van der Waals surface area (Å²) in [6.45, 7) is 3.08. The van der Waals surface area contributed by atoms with E-state index in [1.165, 1.54) is 19.1 Å². The van der Waals surface area contributed by atoms with Crippen LogP contribution in [0.1, 0.15) is 23.2 Å². The van der Waals surface area contributed by atoms with Crippen LogP contribution < -0.4 is 4.72 Å². The maximum absolute atomic E-state index is 12.5. The second kappa shape index (κ2) is 6.17. The summed E-state index contributed by atoms with van der Waals surface area (Å²) in [5, 5.41) is 7.59. The van der Waals surface area contributed by atoms with Crippen molar-refractivity contribution in [3.8, 4) is 10.8 Å². The van der Waals surface area contributed by atoms with Crippen molar-refractivity contribution < 1.29 is 17.6 Å². The molecule has 0 spiro atoms. The molecule has 24 heavy (non-hydrogen) atoms. The molecule has 0 amide bonds. The fourth-order valence-corrected chi connectivity index (χ4v) is 4.26. The summed E-state index contributed by atoms with van der Waals surface area (Å²) >= 11 is 1.02. The van der Waals surface area contributed by atoms with Crippen molar-refractivity contribution in [1.82, 2.24) is 10.2 Å². The lowest BCUT2D eigenvalue weighted by molar-refractivity contribution is 0.101. The number of ketones is 1. The van der Waals surface area contributed by atoms with Gasteiger partial charge in [0.15, 0.2) is 5.78 Å². The summed E-state index contributed by atoms with van der Waals surface area (Å²) in [6, 6.07) is 9.40. The number of carbonyl (C=O) groups excluding carboxylic acids is 1. The van der Waals surface area contributed by atoms with Crippen LogP contribution in [0.3, 0.4) is 0 Å². The van der Waals surface area contributed by atoms with E-state index in [9.17, 15) is 13.2 Å². The van der Waals surface area contributed by atoms with Gasteiger partial charge in [-0.25, -0.2) is 8.42 Å². The van der Waals surface area contributed by atoms with Gasteiger partial charge in [-0.15, -0.1) is 21.5 Å². The summed E-state index contributed by atoms with van der Waals surface area (Å²) in [5.74, 6) is 0.542. The van der Waals surface area contributed by atoms with Gasteiger partial charge in [0, 0.05) is 18.2 Å². The van der Waals surface area contributed by atoms with Gasteiger partial charge in [-0.2, -0.15) is 0 Å². The predicted molar refractivity (Wildman–Crippen MR) is 89.6 cm³/mol. The van der Waals surface area contributed by atoms with Crippen LogP contribution in [-0.4, -0.2) is 24.4 Å². The van der Waals surface area contributed by atoms with Crippen LogP contribution in [-0.2, 0) is 10.0 Å². The lowest BCUT2D eigenvalue weighted by Gasteiger charge is -2.07. The average molecular weight is 363 g/mol. The quantitative estimate of drug-likeness (QED) is 0.699. The Labute approximate surface area is 142 Å². The van der Waals surface area contributed by atoms with Crippen molar-refractivity contribution >= 4 is 32.8 Å². The molecule has 3 rings (SSSR count). The summed E-state index contributed by atoms with van der Waals surface area (Å²) < 4.78 is 32.8. The third kappa shape index (κ3) is 3.36. The number of nitrogens with one attached hydrogen (secondary N) is 1. The second-order valence-electron chi connectivity index (χ2n) is 4.99. The van der Waals surface area contributed by atoms with E-state index in [1.54, 1.807) is 31.2 Å². The van der Waals surface area contributed by atoms with Gasteiger partial charge < -0.3 is 4.42 Å². The number of Topliss-reactive ketones (excluding diaryl/α,β-unsaturated/α-hetero) is 1. The van der Waals surface area contributed by atoms with Gasteiger partial charge in [-0.05, 0) is 31.2 Å². The van der Waals surface area contributed by atoms with Gasteiger partial charge in [-0.3, -0.25) is 9.52 Å². The van der Waals surface area contributed by atoms with Gasteiger partial charge in [0.25, 0.3) is 15.9 Å². The Balaban J connectivity index is 1.87. The molecule has 0 aliphatic carbocycles. The first-order valence-electron chi connectivity index (χ1n) is 6.89. The molecule has 124 valence electrons. The maximum atomic E-state index is 12.5. The van der Waals surface area contributed by atoms with E-state index in [2.05, 4.69) is 14.9 Å². The smallest absolute Gasteiger partial charge is 0.271 e. The van der Waals surface area contributed by atoms with Crippen molar-refractivity contribution in [2.75, 3.05) is 4.72 Å². The van der Waals surface area contributed by atoms with E-state index in [0.717, 1.165) is 11.3 Å². The van der Waals surface area contributed by atoms with Crippen LogP contribution in [0.2, 0.25) is 0 Å². The third-order valence-corrected chi connectivity index (χ3v) is 6.05. The van der Waals surface area contributed by atoms with Gasteiger partial charge in [0.2, 0.25) is 5.89 Å². The molecule has 0 fully saturated rings. The molecule has 0 saturated heterocycles. The Morgan fingerprint density at radius 3 is 2.67 bits per heavy atom. The Morgan fingerprint density at radius 1 is 1.21 bits per heavy atom. The molecule has 1 N–H and O–H groups in total. The number of rotatable bonds is 5. The highest BCUT2D eigenvalue weighted by Crippen LogP contribution is 2.31. The third-order valence-electron chi connectivity index (χ3n) is 3.10. The molecule has 7 nitrogen and oxygen atoms in total.